The van der Waals surface area contributed by atoms with Crippen LogP contribution in [0.2, 0.25) is 0 Å². The number of likely N-dealkylation sites (N-methyl/N-ethyl adjacent to an activating group) is 1. The lowest BCUT2D eigenvalue weighted by molar-refractivity contribution is -0.870. The lowest BCUT2D eigenvalue weighted by Gasteiger charge is -2.25. The van der Waals surface area contributed by atoms with Gasteiger partial charge in [0.05, 0.1) is 39.9 Å². The molecule has 318 valence electrons. The van der Waals surface area contributed by atoms with E-state index in [2.05, 4.69) is 79.9 Å². The van der Waals surface area contributed by atoms with E-state index in [1.165, 1.54) is 77.0 Å². The largest absolute Gasteiger partial charge is 0.472 e. The lowest BCUT2D eigenvalue weighted by atomic mass is 10.0. The topological polar surface area (TPSA) is 105 Å². The minimum absolute atomic E-state index is 0.0523. The average Bonchev–Trinajstić information content (AvgIpc) is 3.13. The fourth-order valence-electron chi connectivity index (χ4n) is 5.68. The fraction of sp³-hybridized carbons (Fsp3) is 0.717. The van der Waals surface area contributed by atoms with Crippen LogP contribution in [0.25, 0.3) is 0 Å². The van der Waals surface area contributed by atoms with Gasteiger partial charge < -0.3 is 19.8 Å². The Morgan fingerprint density at radius 1 is 0.636 bits per heavy atom. The van der Waals surface area contributed by atoms with Gasteiger partial charge in [0, 0.05) is 6.42 Å². The molecule has 3 N–H and O–H groups in total. The Morgan fingerprint density at radius 2 is 1.11 bits per heavy atom. The fourth-order valence-corrected chi connectivity index (χ4v) is 6.42. The molecule has 9 heteroatoms. The van der Waals surface area contributed by atoms with Gasteiger partial charge in [-0.1, -0.05) is 164 Å². The molecular weight excluding hydrogens is 707 g/mol. The predicted octanol–water partition coefficient (Wildman–Crippen LogP) is 12.0. The van der Waals surface area contributed by atoms with Crippen molar-refractivity contribution in [3.8, 4) is 0 Å². The summed E-state index contributed by atoms with van der Waals surface area (Å²) in [5.74, 6) is -0.197. The molecule has 3 unspecified atom stereocenters. The van der Waals surface area contributed by atoms with E-state index in [-0.39, 0.29) is 19.1 Å². The number of hydrogen-bond donors (Lipinski definition) is 3. The first-order valence-electron chi connectivity index (χ1n) is 21.8. The molecule has 0 bridgehead atoms. The van der Waals surface area contributed by atoms with E-state index >= 15 is 0 Å². The molecule has 0 radical (unpaired) electrons. The lowest BCUT2D eigenvalue weighted by Crippen LogP contribution is -2.45. The molecule has 3 atom stereocenters. The first-order valence-corrected chi connectivity index (χ1v) is 23.3. The second-order valence-corrected chi connectivity index (χ2v) is 17.1. The van der Waals surface area contributed by atoms with Crippen molar-refractivity contribution in [1.82, 2.24) is 5.32 Å². The van der Waals surface area contributed by atoms with Crippen LogP contribution in [0.1, 0.15) is 162 Å². The standard InChI is InChI=1S/C46H83N2O6P/c1-6-8-10-12-14-16-17-18-19-20-21-22-23-24-25-26-27-28-29-30-31-32-34-36-38-40-46(50)47-44(43-54-55(51,52)53-42-41-48(3,4)5)45(49)39-37-35-33-15-13-11-9-7-2/h8,10,13-16,18-19,21-22,37,39,44-45,49H,6-7,9,11-12,17,20,23-36,38,40-43H2,1-5H3,(H-,47,50,51,52)/p+1/b10-8-,15-13+,16-14-,19-18-,22-21-,39-37+. The van der Waals surface area contributed by atoms with Crippen LogP contribution in [0, 0.1) is 0 Å². The van der Waals surface area contributed by atoms with Crippen LogP contribution >= 0.6 is 7.82 Å². The minimum Gasteiger partial charge on any atom is -0.387 e. The smallest absolute Gasteiger partial charge is 0.387 e. The molecule has 0 aromatic rings. The van der Waals surface area contributed by atoms with Crippen LogP contribution in [0.15, 0.2) is 72.9 Å². The SMILES string of the molecule is CC/C=C\C/C=C\C/C=C\C/C=C\CCCCCCCCCCCCCCC(=O)NC(COP(=O)(O)OCC[N+](C)(C)C)C(O)/C=C/CC/C=C/CCCC. The summed E-state index contributed by atoms with van der Waals surface area (Å²) in [6.07, 6.45) is 50.0. The molecule has 1 amide bonds. The molecule has 0 saturated carbocycles. The number of rotatable bonds is 38. The number of aliphatic hydroxyl groups is 1. The zero-order valence-corrected chi connectivity index (χ0v) is 36.8. The van der Waals surface area contributed by atoms with E-state index in [0.717, 1.165) is 64.2 Å². The Bertz CT molecular complexity index is 1120. The maximum Gasteiger partial charge on any atom is 0.472 e. The molecular formula is C46H84N2O6P+. The van der Waals surface area contributed by atoms with Gasteiger partial charge >= 0.3 is 7.82 Å². The number of carbonyl (C=O) groups excluding carboxylic acids is 1. The molecule has 0 aromatic heterocycles. The van der Waals surface area contributed by atoms with Gasteiger partial charge in [0.2, 0.25) is 5.91 Å². The van der Waals surface area contributed by atoms with Gasteiger partial charge in [-0.3, -0.25) is 13.8 Å². The van der Waals surface area contributed by atoms with Crippen LogP contribution in [-0.4, -0.2) is 73.4 Å². The van der Waals surface area contributed by atoms with Crippen molar-refractivity contribution in [2.75, 3.05) is 40.9 Å². The number of nitrogens with zero attached hydrogens (tertiary/aromatic N) is 1. The number of allylic oxidation sites excluding steroid dienone is 11. The number of nitrogens with one attached hydrogen (secondary N) is 1. The number of unbranched alkanes of at least 4 members (excludes halogenated alkanes) is 15. The van der Waals surface area contributed by atoms with Gasteiger partial charge in [-0.25, -0.2) is 4.57 Å². The van der Waals surface area contributed by atoms with Gasteiger partial charge in [0.1, 0.15) is 13.2 Å². The third-order valence-corrected chi connectivity index (χ3v) is 10.1. The first-order chi connectivity index (χ1) is 26.5. The van der Waals surface area contributed by atoms with Crippen molar-refractivity contribution >= 4 is 13.7 Å². The number of aliphatic hydroxyl groups excluding tert-OH is 1. The average molecular weight is 792 g/mol. The quantitative estimate of drug-likeness (QED) is 0.0249. The predicted molar refractivity (Wildman–Crippen MR) is 235 cm³/mol. The van der Waals surface area contributed by atoms with Crippen molar-refractivity contribution in [3.63, 3.8) is 0 Å². The van der Waals surface area contributed by atoms with Crippen LogP contribution in [-0.2, 0) is 18.4 Å². The van der Waals surface area contributed by atoms with Crippen molar-refractivity contribution in [1.29, 1.82) is 0 Å². The van der Waals surface area contributed by atoms with E-state index in [1.807, 2.05) is 27.2 Å². The summed E-state index contributed by atoms with van der Waals surface area (Å²) in [6.45, 7) is 4.58. The third-order valence-electron chi connectivity index (χ3n) is 9.16. The van der Waals surface area contributed by atoms with Gasteiger partial charge in [-0.15, -0.1) is 0 Å². The summed E-state index contributed by atoms with van der Waals surface area (Å²) in [4.78, 5) is 23.0. The molecule has 0 rings (SSSR count). The molecule has 0 saturated heterocycles. The second kappa shape index (κ2) is 37.5. The normalized spacial score (nSPS) is 15.1. The zero-order valence-electron chi connectivity index (χ0n) is 35.9. The van der Waals surface area contributed by atoms with Gasteiger partial charge in [-0.2, -0.15) is 0 Å². The van der Waals surface area contributed by atoms with Crippen molar-refractivity contribution < 1.29 is 32.9 Å². The highest BCUT2D eigenvalue weighted by Gasteiger charge is 2.27. The Morgan fingerprint density at radius 3 is 1.67 bits per heavy atom. The Labute approximate surface area is 338 Å². The van der Waals surface area contributed by atoms with E-state index in [1.54, 1.807) is 6.08 Å². The van der Waals surface area contributed by atoms with Crippen LogP contribution in [0.4, 0.5) is 0 Å². The highest BCUT2D eigenvalue weighted by Crippen LogP contribution is 2.43. The van der Waals surface area contributed by atoms with Crippen molar-refractivity contribution in [3.05, 3.63) is 72.9 Å². The number of amides is 1. The maximum atomic E-state index is 12.8. The minimum atomic E-state index is -4.34. The van der Waals surface area contributed by atoms with Gasteiger partial charge in [-0.05, 0) is 64.2 Å². The molecule has 55 heavy (non-hydrogen) atoms. The zero-order chi connectivity index (χ0) is 40.7. The van der Waals surface area contributed by atoms with Gasteiger partial charge in [0.15, 0.2) is 0 Å². The molecule has 0 aliphatic rings. The summed E-state index contributed by atoms with van der Waals surface area (Å²) in [6, 6.07) is -0.864. The molecule has 0 aliphatic heterocycles. The number of carbonyl (C=O) groups is 1. The van der Waals surface area contributed by atoms with Crippen LogP contribution < -0.4 is 5.32 Å². The molecule has 0 aromatic carbocycles. The maximum absolute atomic E-state index is 12.8. The number of phosphoric acid groups is 1. The number of phosphoric ester groups is 1. The summed E-state index contributed by atoms with van der Waals surface area (Å²) in [5, 5.41) is 13.7. The Balaban J connectivity index is 4.19. The van der Waals surface area contributed by atoms with Crippen molar-refractivity contribution in [2.45, 2.75) is 174 Å². The highest BCUT2D eigenvalue weighted by atomic mass is 31.2. The van der Waals surface area contributed by atoms with Crippen LogP contribution in [0.5, 0.6) is 0 Å². The molecule has 0 heterocycles. The number of quaternary nitrogens is 1. The molecule has 0 aliphatic carbocycles. The Hall–Kier alpha value is -2.06. The van der Waals surface area contributed by atoms with Crippen molar-refractivity contribution in [2.24, 2.45) is 0 Å². The summed E-state index contributed by atoms with van der Waals surface area (Å²) in [5.41, 5.74) is 0. The second-order valence-electron chi connectivity index (χ2n) is 15.7. The molecule has 8 nitrogen and oxygen atoms in total. The van der Waals surface area contributed by atoms with E-state index in [9.17, 15) is 19.4 Å². The highest BCUT2D eigenvalue weighted by molar-refractivity contribution is 7.47. The van der Waals surface area contributed by atoms with E-state index < -0.39 is 20.0 Å². The molecule has 0 fully saturated rings. The summed E-state index contributed by atoms with van der Waals surface area (Å²) >= 11 is 0. The van der Waals surface area contributed by atoms with Gasteiger partial charge in [0.25, 0.3) is 0 Å². The third kappa shape index (κ3) is 40.0. The molecule has 0 spiro atoms. The summed E-state index contributed by atoms with van der Waals surface area (Å²) < 4.78 is 23.4. The van der Waals surface area contributed by atoms with E-state index in [4.69, 9.17) is 9.05 Å². The summed E-state index contributed by atoms with van der Waals surface area (Å²) in [7, 11) is 1.54. The number of hydrogen-bond acceptors (Lipinski definition) is 5. The monoisotopic (exact) mass is 792 g/mol. The first kappa shape index (κ1) is 52.9. The Kier molecular flexibility index (Phi) is 36.1. The van der Waals surface area contributed by atoms with Crippen LogP contribution in [0.3, 0.4) is 0 Å². The van der Waals surface area contributed by atoms with E-state index in [0.29, 0.717) is 17.4 Å².